The van der Waals surface area contributed by atoms with Crippen LogP contribution in [0, 0.1) is 0 Å². The number of ether oxygens (including phenoxy) is 1. The smallest absolute Gasteiger partial charge is 0.410 e. The van der Waals surface area contributed by atoms with Gasteiger partial charge in [-0.1, -0.05) is 30.3 Å². The second-order valence-corrected chi connectivity index (χ2v) is 6.34. The van der Waals surface area contributed by atoms with Crippen molar-refractivity contribution in [1.29, 1.82) is 0 Å². The number of nitrogens with zero attached hydrogens (tertiary/aromatic N) is 2. The monoisotopic (exact) mass is 288 g/mol. The Labute approximate surface area is 126 Å². The van der Waals surface area contributed by atoms with Crippen molar-refractivity contribution in [3.8, 4) is 0 Å². The van der Waals surface area contributed by atoms with Crippen molar-refractivity contribution in [2.75, 3.05) is 13.1 Å². The van der Waals surface area contributed by atoms with Crippen LogP contribution < -0.4 is 0 Å². The second kappa shape index (κ2) is 6.74. The lowest BCUT2D eigenvalue weighted by atomic mass is 10.1. The predicted molar refractivity (Wildman–Crippen MR) is 84.6 cm³/mol. The Bertz CT molecular complexity index is 493. The van der Waals surface area contributed by atoms with Gasteiger partial charge < -0.3 is 9.64 Å². The minimum atomic E-state index is -0.432. The molecule has 0 atom stereocenters. The first-order valence-corrected chi connectivity index (χ1v) is 7.48. The maximum absolute atomic E-state index is 12.0. The Hall–Kier alpha value is -1.84. The van der Waals surface area contributed by atoms with Crippen LogP contribution in [0.15, 0.2) is 35.3 Å². The predicted octanol–water partition coefficient (Wildman–Crippen LogP) is 3.66. The van der Waals surface area contributed by atoms with Gasteiger partial charge in [0.05, 0.1) is 6.54 Å². The van der Waals surface area contributed by atoms with Crippen LogP contribution >= 0.6 is 0 Å². The van der Waals surface area contributed by atoms with E-state index in [9.17, 15) is 4.79 Å². The highest BCUT2D eigenvalue weighted by atomic mass is 16.6. The van der Waals surface area contributed by atoms with Gasteiger partial charge in [0.1, 0.15) is 5.60 Å². The molecule has 0 aliphatic carbocycles. The molecule has 4 nitrogen and oxygen atoms in total. The zero-order valence-electron chi connectivity index (χ0n) is 13.1. The molecule has 1 heterocycles. The molecule has 0 N–H and O–H groups in total. The third-order valence-electron chi connectivity index (χ3n) is 3.32. The molecule has 0 spiro atoms. The summed E-state index contributed by atoms with van der Waals surface area (Å²) in [4.78, 5) is 18.4. The van der Waals surface area contributed by atoms with Gasteiger partial charge in [-0.25, -0.2) is 4.79 Å². The summed E-state index contributed by atoms with van der Waals surface area (Å²) in [7, 11) is 0. The number of amides is 1. The van der Waals surface area contributed by atoms with Gasteiger partial charge in [0.15, 0.2) is 0 Å². The Morgan fingerprint density at radius 1 is 1.19 bits per heavy atom. The summed E-state index contributed by atoms with van der Waals surface area (Å²) < 4.78 is 5.39. The first-order valence-electron chi connectivity index (χ1n) is 7.48. The summed E-state index contributed by atoms with van der Waals surface area (Å²) in [6.07, 6.45) is 1.46. The molecule has 1 saturated heterocycles. The number of hydrogen-bond acceptors (Lipinski definition) is 3. The molecule has 1 amide bonds. The van der Waals surface area contributed by atoms with E-state index in [-0.39, 0.29) is 6.09 Å². The molecule has 0 saturated carbocycles. The maximum atomic E-state index is 12.0. The SMILES string of the molecule is CC(C)(C)OC(=O)N1CCC(=NCc2ccccc2)CC1. The number of hydrogen-bond donors (Lipinski definition) is 0. The largest absolute Gasteiger partial charge is 0.444 e. The third-order valence-corrected chi connectivity index (χ3v) is 3.32. The molecule has 1 fully saturated rings. The number of carbonyl (C=O) groups excluding carboxylic acids is 1. The summed E-state index contributed by atoms with van der Waals surface area (Å²) >= 11 is 0. The minimum absolute atomic E-state index is 0.218. The van der Waals surface area contributed by atoms with Gasteiger partial charge in [-0.3, -0.25) is 4.99 Å². The van der Waals surface area contributed by atoms with Gasteiger partial charge in [0.2, 0.25) is 0 Å². The van der Waals surface area contributed by atoms with Crippen LogP contribution in [-0.4, -0.2) is 35.4 Å². The van der Waals surface area contributed by atoms with Crippen LogP contribution in [0.5, 0.6) is 0 Å². The first-order chi connectivity index (χ1) is 9.94. The fraction of sp³-hybridized carbons (Fsp3) is 0.529. The molecule has 1 aliphatic rings. The molecule has 0 bridgehead atoms. The Kier molecular flexibility index (Phi) is 4.99. The molecule has 0 radical (unpaired) electrons. The van der Waals surface area contributed by atoms with Crippen LogP contribution in [0.4, 0.5) is 4.79 Å². The van der Waals surface area contributed by atoms with Gasteiger partial charge in [0.25, 0.3) is 0 Å². The van der Waals surface area contributed by atoms with E-state index in [1.807, 2.05) is 39.0 Å². The van der Waals surface area contributed by atoms with Gasteiger partial charge in [0, 0.05) is 31.6 Å². The van der Waals surface area contributed by atoms with Crippen molar-refractivity contribution >= 4 is 11.8 Å². The average Bonchev–Trinajstić information content (AvgIpc) is 2.45. The minimum Gasteiger partial charge on any atom is -0.444 e. The van der Waals surface area contributed by atoms with E-state index >= 15 is 0 Å². The summed E-state index contributed by atoms with van der Waals surface area (Å²) in [6.45, 7) is 7.79. The molecule has 1 aliphatic heterocycles. The summed E-state index contributed by atoms with van der Waals surface area (Å²) in [5.74, 6) is 0. The van der Waals surface area contributed by atoms with Crippen LogP contribution in [0.3, 0.4) is 0 Å². The van der Waals surface area contributed by atoms with Crippen LogP contribution in [-0.2, 0) is 11.3 Å². The molecular formula is C17H24N2O2. The molecular weight excluding hydrogens is 264 g/mol. The number of likely N-dealkylation sites (tertiary alicyclic amines) is 1. The number of carbonyl (C=O) groups is 1. The fourth-order valence-corrected chi connectivity index (χ4v) is 2.22. The van der Waals surface area contributed by atoms with Crippen LogP contribution in [0.25, 0.3) is 0 Å². The normalized spacial score (nSPS) is 15.8. The number of rotatable bonds is 2. The number of aliphatic imine (C=N–C) groups is 1. The maximum Gasteiger partial charge on any atom is 0.410 e. The lowest BCUT2D eigenvalue weighted by molar-refractivity contribution is 0.0249. The summed E-state index contributed by atoms with van der Waals surface area (Å²) in [6, 6.07) is 10.2. The average molecular weight is 288 g/mol. The molecule has 0 unspecified atom stereocenters. The topological polar surface area (TPSA) is 41.9 Å². The van der Waals surface area contributed by atoms with E-state index in [4.69, 9.17) is 4.74 Å². The molecule has 2 rings (SSSR count). The van der Waals surface area contributed by atoms with Gasteiger partial charge >= 0.3 is 6.09 Å². The standard InChI is InChI=1S/C17H24N2O2/c1-17(2,3)21-16(20)19-11-9-15(10-12-19)18-13-14-7-5-4-6-8-14/h4-8H,9-13H2,1-3H3. The number of piperidine rings is 1. The highest BCUT2D eigenvalue weighted by Crippen LogP contribution is 2.14. The van der Waals surface area contributed by atoms with E-state index in [1.165, 1.54) is 11.3 Å². The van der Waals surface area contributed by atoms with E-state index in [0.717, 1.165) is 19.4 Å². The van der Waals surface area contributed by atoms with Gasteiger partial charge in [-0.05, 0) is 26.3 Å². The van der Waals surface area contributed by atoms with Gasteiger partial charge in [-0.15, -0.1) is 0 Å². The van der Waals surface area contributed by atoms with Crippen molar-refractivity contribution < 1.29 is 9.53 Å². The third kappa shape index (κ3) is 5.21. The zero-order valence-corrected chi connectivity index (χ0v) is 13.1. The van der Waals surface area contributed by atoms with Crippen molar-refractivity contribution in [2.45, 2.75) is 45.8 Å². The quantitative estimate of drug-likeness (QED) is 0.833. The zero-order chi connectivity index (χ0) is 15.3. The Balaban J connectivity index is 1.81. The van der Waals surface area contributed by atoms with E-state index in [0.29, 0.717) is 13.1 Å². The summed E-state index contributed by atoms with van der Waals surface area (Å²) in [5, 5.41) is 0. The Morgan fingerprint density at radius 3 is 2.38 bits per heavy atom. The highest BCUT2D eigenvalue weighted by Gasteiger charge is 2.24. The van der Waals surface area contributed by atoms with E-state index < -0.39 is 5.60 Å². The molecule has 4 heteroatoms. The lowest BCUT2D eigenvalue weighted by Crippen LogP contribution is -2.41. The van der Waals surface area contributed by atoms with Crippen molar-refractivity contribution in [2.24, 2.45) is 4.99 Å². The molecule has 114 valence electrons. The van der Waals surface area contributed by atoms with Crippen LogP contribution in [0.1, 0.15) is 39.2 Å². The van der Waals surface area contributed by atoms with Gasteiger partial charge in [-0.2, -0.15) is 0 Å². The van der Waals surface area contributed by atoms with Crippen molar-refractivity contribution in [1.82, 2.24) is 4.90 Å². The Morgan fingerprint density at radius 2 is 1.81 bits per heavy atom. The molecule has 21 heavy (non-hydrogen) atoms. The van der Waals surface area contributed by atoms with Crippen molar-refractivity contribution in [3.05, 3.63) is 35.9 Å². The van der Waals surface area contributed by atoms with E-state index in [2.05, 4.69) is 17.1 Å². The van der Waals surface area contributed by atoms with E-state index in [1.54, 1.807) is 4.90 Å². The fourth-order valence-electron chi connectivity index (χ4n) is 2.22. The van der Waals surface area contributed by atoms with Crippen LogP contribution in [0.2, 0.25) is 0 Å². The first kappa shape index (κ1) is 15.5. The summed E-state index contributed by atoms with van der Waals surface area (Å²) in [5.41, 5.74) is 1.98. The highest BCUT2D eigenvalue weighted by molar-refractivity contribution is 5.86. The lowest BCUT2D eigenvalue weighted by Gasteiger charge is -2.30. The molecule has 1 aromatic rings. The molecule has 0 aromatic heterocycles. The molecule has 1 aromatic carbocycles. The van der Waals surface area contributed by atoms with Crippen molar-refractivity contribution in [3.63, 3.8) is 0 Å². The number of benzene rings is 1. The second-order valence-electron chi connectivity index (χ2n) is 6.34.